The molecule has 1 N–H and O–H groups in total. The average Bonchev–Trinajstić information content (AvgIpc) is 2.03. The van der Waals surface area contributed by atoms with E-state index in [4.69, 9.17) is 11.6 Å². The van der Waals surface area contributed by atoms with Crippen LogP contribution >= 0.6 is 23.4 Å². The van der Waals surface area contributed by atoms with E-state index in [9.17, 15) is 0 Å². The molecule has 1 atom stereocenters. The van der Waals surface area contributed by atoms with Gasteiger partial charge >= 0.3 is 0 Å². The zero-order chi connectivity index (χ0) is 8.55. The van der Waals surface area contributed by atoms with Crippen molar-refractivity contribution in [3.63, 3.8) is 0 Å². The monoisotopic (exact) mass is 199 g/mol. The molecule has 0 aromatic heterocycles. The van der Waals surface area contributed by atoms with Crippen LogP contribution in [0.1, 0.15) is 6.92 Å². The van der Waals surface area contributed by atoms with Gasteiger partial charge in [-0.3, -0.25) is 0 Å². The summed E-state index contributed by atoms with van der Waals surface area (Å²) < 4.78 is 0. The van der Waals surface area contributed by atoms with Crippen LogP contribution in [0.3, 0.4) is 0 Å². The van der Waals surface area contributed by atoms with Crippen molar-refractivity contribution in [3.05, 3.63) is 23.2 Å². The molecule has 1 aromatic carbocycles. The summed E-state index contributed by atoms with van der Waals surface area (Å²) in [6, 6.07) is 6.53. The molecule has 1 aliphatic heterocycles. The number of rotatable bonds is 0. The lowest BCUT2D eigenvalue weighted by Crippen LogP contribution is -2.21. The van der Waals surface area contributed by atoms with Crippen molar-refractivity contribution < 1.29 is 0 Å². The van der Waals surface area contributed by atoms with Gasteiger partial charge < -0.3 is 5.32 Å². The van der Waals surface area contributed by atoms with Crippen LogP contribution in [0.15, 0.2) is 23.1 Å². The Kier molecular flexibility index (Phi) is 2.20. The van der Waals surface area contributed by atoms with Crippen molar-refractivity contribution >= 4 is 29.1 Å². The molecule has 0 spiro atoms. The highest BCUT2D eigenvalue weighted by Crippen LogP contribution is 2.34. The Morgan fingerprint density at radius 2 is 2.42 bits per heavy atom. The quantitative estimate of drug-likeness (QED) is 0.689. The zero-order valence-corrected chi connectivity index (χ0v) is 8.38. The molecule has 0 saturated carbocycles. The minimum Gasteiger partial charge on any atom is -0.381 e. The van der Waals surface area contributed by atoms with Gasteiger partial charge in [-0.05, 0) is 25.1 Å². The van der Waals surface area contributed by atoms with Gasteiger partial charge in [-0.15, -0.1) is 11.8 Å². The van der Waals surface area contributed by atoms with Crippen molar-refractivity contribution in [3.8, 4) is 0 Å². The first-order valence-corrected chi connectivity index (χ1v) is 5.31. The molecule has 12 heavy (non-hydrogen) atoms. The molecule has 1 heterocycles. The lowest BCUT2D eigenvalue weighted by Gasteiger charge is -2.23. The van der Waals surface area contributed by atoms with Crippen molar-refractivity contribution in [1.29, 1.82) is 0 Å². The second kappa shape index (κ2) is 3.19. The summed E-state index contributed by atoms with van der Waals surface area (Å²) >= 11 is 7.76. The van der Waals surface area contributed by atoms with Crippen LogP contribution in [0, 0.1) is 0 Å². The first-order chi connectivity index (χ1) is 5.75. The maximum atomic E-state index is 5.88. The van der Waals surface area contributed by atoms with Crippen LogP contribution in [0.25, 0.3) is 0 Å². The fourth-order valence-corrected chi connectivity index (χ4v) is 2.39. The molecule has 1 unspecified atom stereocenters. The number of halogens is 1. The van der Waals surface area contributed by atoms with Crippen LogP contribution in [-0.2, 0) is 0 Å². The Bertz CT molecular complexity index is 301. The van der Waals surface area contributed by atoms with Crippen LogP contribution < -0.4 is 5.32 Å². The van der Waals surface area contributed by atoms with E-state index in [0.717, 1.165) is 10.8 Å². The van der Waals surface area contributed by atoms with E-state index in [-0.39, 0.29) is 0 Å². The number of fused-ring (bicyclic) bond motifs is 1. The number of thioether (sulfide) groups is 1. The van der Waals surface area contributed by atoms with Gasteiger partial charge in [0.05, 0.1) is 0 Å². The van der Waals surface area contributed by atoms with Crippen LogP contribution in [-0.4, -0.2) is 11.8 Å². The summed E-state index contributed by atoms with van der Waals surface area (Å²) in [5.41, 5.74) is 1.17. The topological polar surface area (TPSA) is 12.0 Å². The molecule has 1 aliphatic rings. The summed E-state index contributed by atoms with van der Waals surface area (Å²) in [6.07, 6.45) is 0. The minimum absolute atomic E-state index is 0.543. The van der Waals surface area contributed by atoms with E-state index in [0.29, 0.717) is 6.04 Å². The van der Waals surface area contributed by atoms with Crippen LogP contribution in [0.4, 0.5) is 5.69 Å². The standard InChI is InChI=1S/C9H10ClNS/c1-6-5-12-9-3-2-7(10)4-8(9)11-6/h2-4,6,11H,5H2,1H3. The first-order valence-electron chi connectivity index (χ1n) is 3.94. The first kappa shape index (κ1) is 8.27. The Balaban J connectivity index is 2.37. The fourth-order valence-electron chi connectivity index (χ4n) is 1.26. The second-order valence-electron chi connectivity index (χ2n) is 3.00. The van der Waals surface area contributed by atoms with Gasteiger partial charge in [0.2, 0.25) is 0 Å². The highest BCUT2D eigenvalue weighted by atomic mass is 35.5. The second-order valence-corrected chi connectivity index (χ2v) is 4.50. The predicted octanol–water partition coefficient (Wildman–Crippen LogP) is 3.25. The van der Waals surface area contributed by atoms with E-state index >= 15 is 0 Å². The highest BCUT2D eigenvalue weighted by molar-refractivity contribution is 7.99. The summed E-state index contributed by atoms with van der Waals surface area (Å²) in [5.74, 6) is 1.13. The maximum absolute atomic E-state index is 5.88. The molecule has 64 valence electrons. The molecular weight excluding hydrogens is 190 g/mol. The number of hydrogen-bond acceptors (Lipinski definition) is 2. The van der Waals surface area contributed by atoms with Crippen molar-refractivity contribution in [2.75, 3.05) is 11.1 Å². The van der Waals surface area contributed by atoms with Gasteiger partial charge in [-0.1, -0.05) is 11.6 Å². The van der Waals surface area contributed by atoms with E-state index in [2.05, 4.69) is 18.3 Å². The predicted molar refractivity (Wildman–Crippen MR) is 55.3 cm³/mol. The molecule has 0 fully saturated rings. The average molecular weight is 200 g/mol. The molecule has 0 saturated heterocycles. The molecule has 3 heteroatoms. The Labute approximate surface area is 81.5 Å². The summed E-state index contributed by atoms with van der Waals surface area (Å²) in [6.45, 7) is 2.18. The molecule has 0 aliphatic carbocycles. The number of anilines is 1. The van der Waals surface area contributed by atoms with E-state index < -0.39 is 0 Å². The molecular formula is C9H10ClNS. The third kappa shape index (κ3) is 1.54. The van der Waals surface area contributed by atoms with Crippen molar-refractivity contribution in [2.24, 2.45) is 0 Å². The molecule has 0 amide bonds. The molecule has 0 bridgehead atoms. The molecule has 2 rings (SSSR count). The molecule has 1 aromatic rings. The fraction of sp³-hybridized carbons (Fsp3) is 0.333. The van der Waals surface area contributed by atoms with Gasteiger partial charge in [-0.2, -0.15) is 0 Å². The highest BCUT2D eigenvalue weighted by Gasteiger charge is 2.13. The normalized spacial score (nSPS) is 21.3. The SMILES string of the molecule is CC1CSc2ccc(Cl)cc2N1. The molecule has 1 nitrogen and oxygen atoms in total. The van der Waals surface area contributed by atoms with E-state index in [1.54, 1.807) is 0 Å². The van der Waals surface area contributed by atoms with Gasteiger partial charge in [0.1, 0.15) is 0 Å². The van der Waals surface area contributed by atoms with Gasteiger partial charge in [0.15, 0.2) is 0 Å². The van der Waals surface area contributed by atoms with Crippen molar-refractivity contribution in [1.82, 2.24) is 0 Å². The smallest absolute Gasteiger partial charge is 0.0495 e. The van der Waals surface area contributed by atoms with E-state index in [1.165, 1.54) is 10.6 Å². The summed E-state index contributed by atoms with van der Waals surface area (Å²) in [7, 11) is 0. The van der Waals surface area contributed by atoms with Crippen LogP contribution in [0.5, 0.6) is 0 Å². The van der Waals surface area contributed by atoms with Gasteiger partial charge in [0.25, 0.3) is 0 Å². The maximum Gasteiger partial charge on any atom is 0.0495 e. The number of hydrogen-bond donors (Lipinski definition) is 1. The minimum atomic E-state index is 0.543. The Hall–Kier alpha value is -0.340. The zero-order valence-electron chi connectivity index (χ0n) is 6.80. The molecule has 0 radical (unpaired) electrons. The third-order valence-corrected chi connectivity index (χ3v) is 3.40. The summed E-state index contributed by atoms with van der Waals surface area (Å²) in [4.78, 5) is 1.30. The van der Waals surface area contributed by atoms with Crippen molar-refractivity contribution in [2.45, 2.75) is 17.9 Å². The lowest BCUT2D eigenvalue weighted by molar-refractivity contribution is 0.895. The van der Waals surface area contributed by atoms with Gasteiger partial charge in [0, 0.05) is 27.4 Å². The Morgan fingerprint density at radius 1 is 1.58 bits per heavy atom. The lowest BCUT2D eigenvalue weighted by atomic mass is 10.3. The summed E-state index contributed by atoms with van der Waals surface area (Å²) in [5, 5.41) is 4.20. The number of nitrogens with one attached hydrogen (secondary N) is 1. The largest absolute Gasteiger partial charge is 0.381 e. The Morgan fingerprint density at radius 3 is 3.25 bits per heavy atom. The number of benzene rings is 1. The van der Waals surface area contributed by atoms with Gasteiger partial charge in [-0.25, -0.2) is 0 Å². The van der Waals surface area contributed by atoms with Crippen LogP contribution in [0.2, 0.25) is 5.02 Å². The van der Waals surface area contributed by atoms with E-state index in [1.807, 2.05) is 23.9 Å². The third-order valence-electron chi connectivity index (χ3n) is 1.83.